The molecule has 4 heteroatoms. The van der Waals surface area contributed by atoms with Crippen molar-refractivity contribution in [1.29, 1.82) is 5.26 Å². The third kappa shape index (κ3) is 3.02. The topological polar surface area (TPSA) is 59.0 Å². The van der Waals surface area contributed by atoms with Gasteiger partial charge in [-0.3, -0.25) is 0 Å². The van der Waals surface area contributed by atoms with E-state index in [0.29, 0.717) is 17.0 Å². The maximum atomic E-state index is 13.6. The van der Waals surface area contributed by atoms with Gasteiger partial charge in [0.1, 0.15) is 18.2 Å². The van der Waals surface area contributed by atoms with Crippen LogP contribution in [0.25, 0.3) is 0 Å². The number of rotatable bonds is 3. The largest absolute Gasteiger partial charge is 0.487 e. The molecule has 0 aliphatic rings. The molecule has 2 N–H and O–H groups in total. The molecule has 0 aliphatic carbocycles. The number of hydrogen-bond acceptors (Lipinski definition) is 3. The minimum atomic E-state index is -0.454. The summed E-state index contributed by atoms with van der Waals surface area (Å²) in [6.07, 6.45) is 0. The Morgan fingerprint density at radius 2 is 2.05 bits per heavy atom. The van der Waals surface area contributed by atoms with E-state index in [4.69, 9.17) is 15.7 Å². The van der Waals surface area contributed by atoms with Gasteiger partial charge in [0, 0.05) is 5.56 Å². The van der Waals surface area contributed by atoms with Crippen molar-refractivity contribution in [3.8, 4) is 11.8 Å². The number of nitrogens with zero attached hydrogens (tertiary/aromatic N) is 1. The van der Waals surface area contributed by atoms with E-state index < -0.39 is 5.82 Å². The maximum Gasteiger partial charge on any atom is 0.142 e. The third-order valence-electron chi connectivity index (χ3n) is 2.73. The first-order chi connectivity index (χ1) is 9.10. The first-order valence-corrected chi connectivity index (χ1v) is 5.77. The molecule has 96 valence electrons. The van der Waals surface area contributed by atoms with E-state index in [0.717, 1.165) is 5.56 Å². The molecule has 0 aliphatic heterocycles. The van der Waals surface area contributed by atoms with E-state index in [1.165, 1.54) is 12.1 Å². The Morgan fingerprint density at radius 1 is 1.26 bits per heavy atom. The van der Waals surface area contributed by atoms with Gasteiger partial charge < -0.3 is 10.5 Å². The first-order valence-electron chi connectivity index (χ1n) is 5.77. The van der Waals surface area contributed by atoms with Crippen LogP contribution in [-0.2, 0) is 6.61 Å². The zero-order valence-electron chi connectivity index (χ0n) is 10.5. The third-order valence-corrected chi connectivity index (χ3v) is 2.73. The average Bonchev–Trinajstić information content (AvgIpc) is 2.39. The summed E-state index contributed by atoms with van der Waals surface area (Å²) < 4.78 is 19.1. The van der Waals surface area contributed by atoms with Crippen molar-refractivity contribution >= 4 is 5.69 Å². The maximum absolute atomic E-state index is 13.6. The number of nitrogens with two attached hydrogens (primary N) is 1. The van der Waals surface area contributed by atoms with Crippen LogP contribution in [0.3, 0.4) is 0 Å². The van der Waals surface area contributed by atoms with Crippen LogP contribution in [0.5, 0.6) is 5.75 Å². The second-order valence-corrected chi connectivity index (χ2v) is 4.25. The van der Waals surface area contributed by atoms with Gasteiger partial charge in [0.15, 0.2) is 0 Å². The lowest BCUT2D eigenvalue weighted by atomic mass is 10.1. The Morgan fingerprint density at radius 3 is 2.68 bits per heavy atom. The summed E-state index contributed by atoms with van der Waals surface area (Å²) in [5.41, 5.74) is 8.04. The molecule has 0 fully saturated rings. The summed E-state index contributed by atoms with van der Waals surface area (Å²) in [5.74, 6) is 0.0686. The van der Waals surface area contributed by atoms with Gasteiger partial charge in [-0.2, -0.15) is 5.26 Å². The molecular formula is C15H13FN2O. The smallest absolute Gasteiger partial charge is 0.142 e. The van der Waals surface area contributed by atoms with E-state index in [1.54, 1.807) is 18.2 Å². The number of ether oxygens (including phenoxy) is 1. The fourth-order valence-electron chi connectivity index (χ4n) is 1.69. The van der Waals surface area contributed by atoms with E-state index in [9.17, 15) is 4.39 Å². The highest BCUT2D eigenvalue weighted by atomic mass is 19.1. The summed E-state index contributed by atoms with van der Waals surface area (Å²) in [6.45, 7) is 2.01. The Balaban J connectivity index is 2.13. The summed E-state index contributed by atoms with van der Waals surface area (Å²) in [4.78, 5) is 0. The van der Waals surface area contributed by atoms with Crippen molar-refractivity contribution in [3.63, 3.8) is 0 Å². The quantitative estimate of drug-likeness (QED) is 0.858. The van der Waals surface area contributed by atoms with Crippen molar-refractivity contribution in [2.24, 2.45) is 0 Å². The molecule has 2 rings (SSSR count). The Kier molecular flexibility index (Phi) is 3.67. The van der Waals surface area contributed by atoms with Crippen molar-refractivity contribution in [1.82, 2.24) is 0 Å². The Bertz CT molecular complexity index is 647. The fourth-order valence-corrected chi connectivity index (χ4v) is 1.69. The van der Waals surface area contributed by atoms with E-state index >= 15 is 0 Å². The molecule has 3 nitrogen and oxygen atoms in total. The zero-order valence-corrected chi connectivity index (χ0v) is 10.5. The van der Waals surface area contributed by atoms with Gasteiger partial charge in [-0.15, -0.1) is 0 Å². The molecule has 0 saturated carbocycles. The van der Waals surface area contributed by atoms with E-state index in [1.807, 2.05) is 19.1 Å². The normalized spacial score (nSPS) is 9.95. The Labute approximate surface area is 111 Å². The van der Waals surface area contributed by atoms with Gasteiger partial charge in [-0.1, -0.05) is 12.1 Å². The highest BCUT2D eigenvalue weighted by molar-refractivity contribution is 5.54. The first kappa shape index (κ1) is 12.9. The number of nitrogen functional groups attached to an aromatic ring is 1. The van der Waals surface area contributed by atoms with E-state index in [2.05, 4.69) is 0 Å². The highest BCUT2D eigenvalue weighted by Gasteiger charge is 2.06. The van der Waals surface area contributed by atoms with Gasteiger partial charge in [-0.05, 0) is 36.8 Å². The lowest BCUT2D eigenvalue weighted by Crippen LogP contribution is -2.01. The molecule has 2 aromatic rings. The van der Waals surface area contributed by atoms with Crippen LogP contribution in [0, 0.1) is 24.1 Å². The molecule has 2 aromatic carbocycles. The predicted molar refractivity (Wildman–Crippen MR) is 71.0 cm³/mol. The van der Waals surface area contributed by atoms with Crippen LogP contribution in [0.4, 0.5) is 10.1 Å². The minimum Gasteiger partial charge on any atom is -0.487 e. The average molecular weight is 256 g/mol. The number of halogens is 1. The molecule has 0 aromatic heterocycles. The summed E-state index contributed by atoms with van der Waals surface area (Å²) in [6, 6.07) is 11.6. The van der Waals surface area contributed by atoms with Crippen molar-refractivity contribution in [2.75, 3.05) is 5.73 Å². The van der Waals surface area contributed by atoms with Crippen molar-refractivity contribution in [2.45, 2.75) is 13.5 Å². The molecule has 0 radical (unpaired) electrons. The SMILES string of the molecule is Cc1ccc(OCc2ccc(C#N)cc2F)c(N)c1. The van der Waals surface area contributed by atoms with Crippen LogP contribution in [0.2, 0.25) is 0 Å². The number of hydrogen-bond donors (Lipinski definition) is 1. The minimum absolute atomic E-state index is 0.0742. The second kappa shape index (κ2) is 5.40. The number of anilines is 1. The zero-order chi connectivity index (χ0) is 13.8. The van der Waals surface area contributed by atoms with Crippen LogP contribution in [-0.4, -0.2) is 0 Å². The van der Waals surface area contributed by atoms with Crippen LogP contribution in [0.15, 0.2) is 36.4 Å². The lowest BCUT2D eigenvalue weighted by Gasteiger charge is -2.10. The number of aryl methyl sites for hydroxylation is 1. The standard InChI is InChI=1S/C15H13FN2O/c1-10-2-5-15(14(18)6-10)19-9-12-4-3-11(8-17)7-13(12)16/h2-7H,9,18H2,1H3. The summed E-state index contributed by atoms with van der Waals surface area (Å²) in [7, 11) is 0. The predicted octanol–water partition coefficient (Wildman–Crippen LogP) is 3.17. The van der Waals surface area contributed by atoms with Gasteiger partial charge in [0.05, 0.1) is 17.3 Å². The van der Waals surface area contributed by atoms with Gasteiger partial charge in [0.2, 0.25) is 0 Å². The molecule has 0 unspecified atom stereocenters. The Hall–Kier alpha value is -2.54. The highest BCUT2D eigenvalue weighted by Crippen LogP contribution is 2.23. The summed E-state index contributed by atoms with van der Waals surface area (Å²) in [5, 5.41) is 8.66. The van der Waals surface area contributed by atoms with Gasteiger partial charge in [-0.25, -0.2) is 4.39 Å². The van der Waals surface area contributed by atoms with Crippen LogP contribution in [0.1, 0.15) is 16.7 Å². The van der Waals surface area contributed by atoms with Crippen LogP contribution >= 0.6 is 0 Å². The van der Waals surface area contributed by atoms with Gasteiger partial charge in [0.25, 0.3) is 0 Å². The van der Waals surface area contributed by atoms with E-state index in [-0.39, 0.29) is 12.2 Å². The number of benzene rings is 2. The molecule has 0 amide bonds. The van der Waals surface area contributed by atoms with Crippen molar-refractivity contribution < 1.29 is 9.13 Å². The lowest BCUT2D eigenvalue weighted by molar-refractivity contribution is 0.301. The molecular weight excluding hydrogens is 243 g/mol. The monoisotopic (exact) mass is 256 g/mol. The molecule has 19 heavy (non-hydrogen) atoms. The molecule has 0 saturated heterocycles. The summed E-state index contributed by atoms with van der Waals surface area (Å²) >= 11 is 0. The molecule has 0 atom stereocenters. The number of nitriles is 1. The molecule has 0 spiro atoms. The molecule has 0 bridgehead atoms. The fraction of sp³-hybridized carbons (Fsp3) is 0.133. The van der Waals surface area contributed by atoms with Crippen LogP contribution < -0.4 is 10.5 Å². The second-order valence-electron chi connectivity index (χ2n) is 4.25. The van der Waals surface area contributed by atoms with Crippen molar-refractivity contribution in [3.05, 3.63) is 58.9 Å². The molecule has 0 heterocycles. The van der Waals surface area contributed by atoms with Gasteiger partial charge >= 0.3 is 0 Å².